The second kappa shape index (κ2) is 4.19. The molecule has 0 unspecified atom stereocenters. The Hall–Kier alpha value is -0.740. The Morgan fingerprint density at radius 1 is 1.57 bits per heavy atom. The first-order valence-electron chi connectivity index (χ1n) is 3.58. The number of carbonyl (C=O) groups excluding carboxylic acids is 1. The van der Waals surface area contributed by atoms with Crippen LogP contribution < -0.4 is 0 Å². The predicted octanol–water partition coefficient (Wildman–Crippen LogP) is 3.36. The molecule has 1 rings (SSSR count). The van der Waals surface area contributed by atoms with Gasteiger partial charge >= 0.3 is 0 Å². The average molecular weight is 240 g/mol. The van der Waals surface area contributed by atoms with Crippen LogP contribution in [0.25, 0.3) is 0 Å². The summed E-state index contributed by atoms with van der Waals surface area (Å²) < 4.78 is 24.7. The molecule has 0 saturated heterocycles. The van der Waals surface area contributed by atoms with Crippen molar-refractivity contribution < 1.29 is 13.6 Å². The minimum atomic E-state index is -2.70. The number of hydrogen-bond acceptors (Lipinski definition) is 2. The van der Waals surface area contributed by atoms with E-state index >= 15 is 0 Å². The highest BCUT2D eigenvalue weighted by Crippen LogP contribution is 2.28. The molecule has 1 aromatic rings. The van der Waals surface area contributed by atoms with Gasteiger partial charge in [-0.05, 0) is 24.1 Å². The molecule has 0 aliphatic carbocycles. The highest BCUT2D eigenvalue weighted by Gasteiger charge is 2.19. The summed E-state index contributed by atoms with van der Waals surface area (Å²) >= 11 is 10.7. The fraction of sp³-hybridized carbons (Fsp3) is 0.250. The van der Waals surface area contributed by atoms with E-state index in [1.165, 1.54) is 6.92 Å². The van der Waals surface area contributed by atoms with Gasteiger partial charge in [0, 0.05) is 11.8 Å². The molecule has 2 nitrogen and oxygen atoms in total. The van der Waals surface area contributed by atoms with Gasteiger partial charge in [0.15, 0.2) is 0 Å². The highest BCUT2D eigenvalue weighted by molar-refractivity contribution is 6.68. The molecular formula is C8H5Cl2F2NO. The summed E-state index contributed by atoms with van der Waals surface area (Å²) in [5.41, 5.74) is -0.426. The van der Waals surface area contributed by atoms with Crippen LogP contribution in [0.4, 0.5) is 8.78 Å². The first kappa shape index (κ1) is 11.3. The lowest BCUT2D eigenvalue weighted by Gasteiger charge is -2.08. The number of aromatic nitrogens is 1. The molecular weight excluding hydrogens is 235 g/mol. The maximum absolute atomic E-state index is 12.4. The Balaban J connectivity index is 3.41. The molecule has 0 aliphatic heterocycles. The number of nitrogens with zero attached hydrogens (tertiary/aromatic N) is 1. The summed E-state index contributed by atoms with van der Waals surface area (Å²) in [6, 6.07) is 0. The van der Waals surface area contributed by atoms with Crippen LogP contribution in [0.1, 0.15) is 27.9 Å². The van der Waals surface area contributed by atoms with Gasteiger partial charge in [0.05, 0.1) is 5.56 Å². The van der Waals surface area contributed by atoms with E-state index in [4.69, 9.17) is 23.2 Å². The summed E-state index contributed by atoms with van der Waals surface area (Å²) in [5, 5.41) is -1.05. The van der Waals surface area contributed by atoms with Gasteiger partial charge < -0.3 is 0 Å². The zero-order valence-electron chi connectivity index (χ0n) is 7.02. The number of carbonyl (C=O) groups is 1. The van der Waals surface area contributed by atoms with E-state index < -0.39 is 11.7 Å². The van der Waals surface area contributed by atoms with Crippen LogP contribution in [0.2, 0.25) is 5.15 Å². The minimum Gasteiger partial charge on any atom is -0.275 e. The summed E-state index contributed by atoms with van der Waals surface area (Å²) in [6.45, 7) is 1.35. The van der Waals surface area contributed by atoms with Crippen molar-refractivity contribution >= 4 is 28.4 Å². The van der Waals surface area contributed by atoms with Crippen LogP contribution in [0, 0.1) is 6.92 Å². The van der Waals surface area contributed by atoms with E-state index in [1.54, 1.807) is 0 Å². The fourth-order valence-electron chi connectivity index (χ4n) is 1.04. The third-order valence-electron chi connectivity index (χ3n) is 1.76. The molecule has 0 amide bonds. The van der Waals surface area contributed by atoms with Gasteiger partial charge in [-0.15, -0.1) is 0 Å². The van der Waals surface area contributed by atoms with E-state index in [1.807, 2.05) is 0 Å². The van der Waals surface area contributed by atoms with Crippen LogP contribution in [-0.2, 0) is 0 Å². The van der Waals surface area contributed by atoms with Crippen molar-refractivity contribution in [3.05, 3.63) is 28.0 Å². The average Bonchev–Trinajstić information content (AvgIpc) is 2.02. The monoisotopic (exact) mass is 239 g/mol. The Labute approximate surface area is 88.8 Å². The van der Waals surface area contributed by atoms with E-state index in [0.717, 1.165) is 6.20 Å². The number of rotatable bonds is 2. The summed E-state index contributed by atoms with van der Waals surface area (Å²) in [5.74, 6) is 0. The Morgan fingerprint density at radius 2 is 2.14 bits per heavy atom. The lowest BCUT2D eigenvalue weighted by Crippen LogP contribution is -2.02. The molecule has 0 saturated carbocycles. The molecule has 0 aliphatic rings. The third-order valence-corrected chi connectivity index (χ3v) is 2.24. The SMILES string of the molecule is Cc1c(C(F)F)cnc(Cl)c1C(=O)Cl. The van der Waals surface area contributed by atoms with Gasteiger partial charge in [0.25, 0.3) is 11.7 Å². The second-order valence-corrected chi connectivity index (χ2v) is 3.28. The summed E-state index contributed by atoms with van der Waals surface area (Å²) in [6.07, 6.45) is -1.76. The standard InChI is InChI=1S/C8H5Cl2F2NO/c1-3-4(8(11)12)2-13-6(9)5(3)7(10)14/h2,8H,1H3. The Morgan fingerprint density at radius 3 is 2.57 bits per heavy atom. The highest BCUT2D eigenvalue weighted by atomic mass is 35.5. The van der Waals surface area contributed by atoms with Gasteiger partial charge in [-0.2, -0.15) is 0 Å². The minimum absolute atomic E-state index is 0.0694. The molecule has 1 heterocycles. The third kappa shape index (κ3) is 2.01. The summed E-state index contributed by atoms with van der Waals surface area (Å²) in [7, 11) is 0. The van der Waals surface area contributed by atoms with Crippen molar-refractivity contribution in [2.45, 2.75) is 13.3 Å². The molecule has 1 aromatic heterocycles. The van der Waals surface area contributed by atoms with E-state index in [-0.39, 0.29) is 21.8 Å². The van der Waals surface area contributed by atoms with Gasteiger partial charge in [-0.25, -0.2) is 13.8 Å². The van der Waals surface area contributed by atoms with Crippen LogP contribution in [-0.4, -0.2) is 10.2 Å². The van der Waals surface area contributed by atoms with Gasteiger partial charge in [-0.1, -0.05) is 11.6 Å². The molecule has 0 bridgehead atoms. The van der Waals surface area contributed by atoms with Gasteiger partial charge in [0.2, 0.25) is 0 Å². The smallest absolute Gasteiger partial charge is 0.265 e. The number of pyridine rings is 1. The molecule has 0 spiro atoms. The van der Waals surface area contributed by atoms with Crippen molar-refractivity contribution in [2.75, 3.05) is 0 Å². The number of hydrogen-bond donors (Lipinski definition) is 0. The maximum atomic E-state index is 12.4. The Bertz CT molecular complexity index is 382. The molecule has 0 N–H and O–H groups in total. The first-order chi connectivity index (χ1) is 6.45. The molecule has 76 valence electrons. The van der Waals surface area contributed by atoms with Crippen LogP contribution in [0.15, 0.2) is 6.20 Å². The largest absolute Gasteiger partial charge is 0.275 e. The normalized spacial score (nSPS) is 10.7. The van der Waals surface area contributed by atoms with Crippen LogP contribution >= 0.6 is 23.2 Å². The van der Waals surface area contributed by atoms with E-state index in [2.05, 4.69) is 4.98 Å². The molecule has 14 heavy (non-hydrogen) atoms. The maximum Gasteiger partial charge on any atom is 0.265 e. The van der Waals surface area contributed by atoms with Crippen molar-refractivity contribution in [3.8, 4) is 0 Å². The topological polar surface area (TPSA) is 30.0 Å². The molecule has 6 heteroatoms. The van der Waals surface area contributed by atoms with Crippen molar-refractivity contribution in [1.29, 1.82) is 0 Å². The van der Waals surface area contributed by atoms with Crippen molar-refractivity contribution in [1.82, 2.24) is 4.98 Å². The zero-order valence-corrected chi connectivity index (χ0v) is 8.53. The quantitative estimate of drug-likeness (QED) is 0.586. The molecule has 0 aromatic carbocycles. The number of halogens is 4. The van der Waals surface area contributed by atoms with Crippen molar-refractivity contribution in [3.63, 3.8) is 0 Å². The first-order valence-corrected chi connectivity index (χ1v) is 4.33. The Kier molecular flexibility index (Phi) is 3.39. The van der Waals surface area contributed by atoms with Crippen LogP contribution in [0.3, 0.4) is 0 Å². The second-order valence-electron chi connectivity index (χ2n) is 2.58. The van der Waals surface area contributed by atoms with E-state index in [0.29, 0.717) is 0 Å². The molecule has 0 radical (unpaired) electrons. The zero-order chi connectivity index (χ0) is 10.9. The fourth-order valence-corrected chi connectivity index (χ4v) is 1.59. The van der Waals surface area contributed by atoms with Gasteiger partial charge in [0.1, 0.15) is 5.15 Å². The van der Waals surface area contributed by atoms with Crippen molar-refractivity contribution in [2.24, 2.45) is 0 Å². The summed E-state index contributed by atoms with van der Waals surface area (Å²) in [4.78, 5) is 14.3. The molecule has 0 atom stereocenters. The lowest BCUT2D eigenvalue weighted by atomic mass is 10.1. The lowest BCUT2D eigenvalue weighted by molar-refractivity contribution is 0.108. The van der Waals surface area contributed by atoms with E-state index in [9.17, 15) is 13.6 Å². The predicted molar refractivity (Wildman–Crippen MR) is 49.1 cm³/mol. The number of alkyl halides is 2. The van der Waals surface area contributed by atoms with Gasteiger partial charge in [-0.3, -0.25) is 4.79 Å². The van der Waals surface area contributed by atoms with Crippen LogP contribution in [0.5, 0.6) is 0 Å². The molecule has 0 fully saturated rings.